The zero-order valence-corrected chi connectivity index (χ0v) is 5.09. The molecule has 1 aliphatic heterocycles. The molecule has 0 bridgehead atoms. The van der Waals surface area contributed by atoms with Gasteiger partial charge in [-0.3, -0.25) is 10.3 Å². The Morgan fingerprint density at radius 1 is 1.86 bits per heavy atom. The van der Waals surface area contributed by atoms with Crippen LogP contribution in [0.4, 0.5) is 0 Å². The van der Waals surface area contributed by atoms with E-state index < -0.39 is 0 Å². The first-order valence-electron chi connectivity index (χ1n) is 2.24. The maximum Gasteiger partial charge on any atom is 0.0900 e. The third kappa shape index (κ3) is 1.49. The van der Waals surface area contributed by atoms with E-state index in [4.69, 9.17) is 0 Å². The molecule has 0 spiro atoms. The van der Waals surface area contributed by atoms with Crippen molar-refractivity contribution in [3.8, 4) is 0 Å². The molecule has 0 amide bonds. The van der Waals surface area contributed by atoms with Gasteiger partial charge in [-0.1, -0.05) is 11.8 Å². The fourth-order valence-corrected chi connectivity index (χ4v) is 0.972. The van der Waals surface area contributed by atoms with Crippen molar-refractivity contribution in [2.24, 2.45) is 4.99 Å². The average Bonchev–Trinajstić information content (AvgIpc) is 1.69. The zero-order valence-electron chi connectivity index (χ0n) is 4.27. The molecule has 0 saturated heterocycles. The van der Waals surface area contributed by atoms with Crippen molar-refractivity contribution >= 4 is 16.8 Å². The molecule has 0 radical (unpaired) electrons. The first kappa shape index (κ1) is 5.12. The maximum atomic E-state index is 4.10. The molecule has 0 aromatic rings. The summed E-state index contributed by atoms with van der Waals surface area (Å²) in [5, 5.41) is 4.28. The van der Waals surface area contributed by atoms with Gasteiger partial charge in [0.15, 0.2) is 0 Å². The molecular weight excluding hydrogens is 108 g/mol. The van der Waals surface area contributed by atoms with Gasteiger partial charge >= 0.3 is 0 Å². The summed E-state index contributed by atoms with van der Waals surface area (Å²) in [5.41, 5.74) is 0. The van der Waals surface area contributed by atoms with Crippen LogP contribution in [0.3, 0.4) is 0 Å². The van der Waals surface area contributed by atoms with Gasteiger partial charge in [0.05, 0.1) is 11.7 Å². The highest BCUT2D eigenvalue weighted by atomic mass is 32.2. The molecule has 0 fully saturated rings. The number of nitrogens with zero attached hydrogens (tertiary/aromatic N) is 1. The van der Waals surface area contributed by atoms with Crippen LogP contribution in [0.15, 0.2) is 4.99 Å². The smallest absolute Gasteiger partial charge is 0.0900 e. The Balaban J connectivity index is 2.40. The molecule has 1 rings (SSSR count). The van der Waals surface area contributed by atoms with Gasteiger partial charge in [0.25, 0.3) is 0 Å². The number of aliphatic imine (C=N–C) groups is 1. The van der Waals surface area contributed by atoms with Crippen LogP contribution < -0.4 is 5.32 Å². The molecule has 1 heterocycles. The Hall–Kier alpha value is -0.0200. The van der Waals surface area contributed by atoms with Crippen LogP contribution in [-0.2, 0) is 0 Å². The van der Waals surface area contributed by atoms with E-state index in [0.717, 1.165) is 12.5 Å². The predicted octanol–water partition coefficient (Wildman–Crippen LogP) is 0.656. The van der Waals surface area contributed by atoms with E-state index in [0.29, 0.717) is 0 Å². The van der Waals surface area contributed by atoms with Gasteiger partial charge in [-0.05, 0) is 6.92 Å². The SMILES string of the molecule is CC1=NCNCS1. The number of hydrogen-bond acceptors (Lipinski definition) is 3. The number of rotatable bonds is 0. The first-order chi connectivity index (χ1) is 3.39. The highest BCUT2D eigenvalue weighted by molar-refractivity contribution is 8.13. The molecule has 0 aromatic heterocycles. The van der Waals surface area contributed by atoms with Crippen LogP contribution in [-0.4, -0.2) is 17.6 Å². The van der Waals surface area contributed by atoms with Crippen LogP contribution >= 0.6 is 11.8 Å². The van der Waals surface area contributed by atoms with E-state index in [1.165, 1.54) is 5.04 Å². The topological polar surface area (TPSA) is 24.4 Å². The molecule has 0 unspecified atom stereocenters. The number of hydrogen-bond donors (Lipinski definition) is 1. The Morgan fingerprint density at radius 3 is 3.00 bits per heavy atom. The third-order valence-electron chi connectivity index (χ3n) is 0.797. The Morgan fingerprint density at radius 2 is 2.71 bits per heavy atom. The summed E-state index contributed by atoms with van der Waals surface area (Å²) in [6.07, 6.45) is 0. The van der Waals surface area contributed by atoms with Crippen molar-refractivity contribution in [3.63, 3.8) is 0 Å². The summed E-state index contributed by atoms with van der Waals surface area (Å²) in [4.78, 5) is 4.10. The maximum absolute atomic E-state index is 4.10. The lowest BCUT2D eigenvalue weighted by atomic mass is 10.8. The monoisotopic (exact) mass is 116 g/mol. The summed E-state index contributed by atoms with van der Waals surface area (Å²) in [5.74, 6) is 1.02. The van der Waals surface area contributed by atoms with E-state index in [2.05, 4.69) is 10.3 Å². The van der Waals surface area contributed by atoms with E-state index in [9.17, 15) is 0 Å². The van der Waals surface area contributed by atoms with Gasteiger partial charge in [0.1, 0.15) is 0 Å². The normalized spacial score (nSPS) is 21.6. The van der Waals surface area contributed by atoms with Crippen molar-refractivity contribution < 1.29 is 0 Å². The minimum atomic E-state index is 0.804. The molecule has 1 aliphatic rings. The van der Waals surface area contributed by atoms with Gasteiger partial charge in [-0.2, -0.15) is 0 Å². The molecule has 0 saturated carbocycles. The van der Waals surface area contributed by atoms with E-state index in [1.54, 1.807) is 11.8 Å². The Kier molecular flexibility index (Phi) is 1.70. The summed E-state index contributed by atoms with van der Waals surface area (Å²) < 4.78 is 0. The lowest BCUT2D eigenvalue weighted by Crippen LogP contribution is -2.18. The fraction of sp³-hybridized carbons (Fsp3) is 0.750. The Labute approximate surface area is 47.4 Å². The van der Waals surface area contributed by atoms with E-state index >= 15 is 0 Å². The van der Waals surface area contributed by atoms with Crippen molar-refractivity contribution in [1.29, 1.82) is 0 Å². The molecule has 7 heavy (non-hydrogen) atoms. The summed E-state index contributed by atoms with van der Waals surface area (Å²) in [6, 6.07) is 0. The van der Waals surface area contributed by atoms with Gasteiger partial charge in [-0.15, -0.1) is 0 Å². The van der Waals surface area contributed by atoms with Crippen molar-refractivity contribution in [2.75, 3.05) is 12.5 Å². The minimum absolute atomic E-state index is 0.804. The molecule has 3 heteroatoms. The minimum Gasteiger partial charge on any atom is -0.289 e. The average molecular weight is 116 g/mol. The second-order valence-electron chi connectivity index (χ2n) is 1.37. The molecule has 2 nitrogen and oxygen atoms in total. The van der Waals surface area contributed by atoms with Gasteiger partial charge in [0, 0.05) is 5.88 Å². The van der Waals surface area contributed by atoms with Crippen LogP contribution in [0, 0.1) is 0 Å². The lowest BCUT2D eigenvalue weighted by molar-refractivity contribution is 0.808. The molecule has 40 valence electrons. The molecule has 0 aliphatic carbocycles. The summed E-state index contributed by atoms with van der Waals surface area (Å²) in [7, 11) is 0. The second-order valence-corrected chi connectivity index (χ2v) is 2.54. The van der Waals surface area contributed by atoms with Crippen LogP contribution in [0.2, 0.25) is 0 Å². The first-order valence-corrected chi connectivity index (χ1v) is 3.23. The summed E-state index contributed by atoms with van der Waals surface area (Å²) in [6.45, 7) is 2.84. The van der Waals surface area contributed by atoms with Crippen molar-refractivity contribution in [2.45, 2.75) is 6.92 Å². The highest BCUT2D eigenvalue weighted by Crippen LogP contribution is 2.03. The van der Waals surface area contributed by atoms with Gasteiger partial charge < -0.3 is 0 Å². The quantitative estimate of drug-likeness (QED) is 0.502. The summed E-state index contributed by atoms with van der Waals surface area (Å²) >= 11 is 1.76. The second kappa shape index (κ2) is 2.33. The standard InChI is InChI=1S/C4H8N2S/c1-4-6-2-5-3-7-4/h5H,2-3H2,1H3. The van der Waals surface area contributed by atoms with Crippen molar-refractivity contribution in [1.82, 2.24) is 5.32 Å². The third-order valence-corrected chi connectivity index (χ3v) is 1.69. The zero-order chi connectivity index (χ0) is 5.11. The highest BCUT2D eigenvalue weighted by Gasteiger charge is 1.95. The van der Waals surface area contributed by atoms with Crippen LogP contribution in [0.5, 0.6) is 0 Å². The lowest BCUT2D eigenvalue weighted by Gasteiger charge is -2.06. The van der Waals surface area contributed by atoms with Crippen molar-refractivity contribution in [3.05, 3.63) is 0 Å². The van der Waals surface area contributed by atoms with E-state index in [-0.39, 0.29) is 0 Å². The molecular formula is C4H8N2S. The largest absolute Gasteiger partial charge is 0.289 e. The Bertz CT molecular complexity index is 89.7. The molecule has 0 aromatic carbocycles. The van der Waals surface area contributed by atoms with Crippen LogP contribution in [0.25, 0.3) is 0 Å². The molecule has 1 N–H and O–H groups in total. The number of thioether (sulfide) groups is 1. The van der Waals surface area contributed by atoms with Gasteiger partial charge in [-0.25, -0.2) is 0 Å². The fourth-order valence-electron chi connectivity index (χ4n) is 0.414. The van der Waals surface area contributed by atoms with Crippen LogP contribution in [0.1, 0.15) is 6.92 Å². The van der Waals surface area contributed by atoms with Gasteiger partial charge in [0.2, 0.25) is 0 Å². The number of nitrogens with one attached hydrogen (secondary N) is 1. The van der Waals surface area contributed by atoms with E-state index in [1.807, 2.05) is 6.92 Å². The molecule has 0 atom stereocenters. The predicted molar refractivity (Wildman–Crippen MR) is 33.6 cm³/mol.